The fraction of sp³-hybridized carbons (Fsp3) is 0.250. The number of hydrogen-bond acceptors (Lipinski definition) is 3. The molecule has 0 saturated carbocycles. The van der Waals surface area contributed by atoms with Crippen LogP contribution in [-0.4, -0.2) is 42.1 Å². The molecular formula is C28H27Cl2N3O. The molecule has 0 radical (unpaired) electrons. The first-order valence-electron chi connectivity index (χ1n) is 11.6. The molecule has 0 unspecified atom stereocenters. The van der Waals surface area contributed by atoms with E-state index in [-0.39, 0.29) is 5.56 Å². The Hall–Kier alpha value is -2.79. The molecule has 4 aromatic rings. The van der Waals surface area contributed by atoms with Crippen LogP contribution in [-0.2, 0) is 0 Å². The highest BCUT2D eigenvalue weighted by Crippen LogP contribution is 2.34. The lowest BCUT2D eigenvalue weighted by atomic mass is 10.0. The molecule has 0 amide bonds. The van der Waals surface area contributed by atoms with Crippen molar-refractivity contribution in [3.8, 4) is 22.3 Å². The molecule has 0 bridgehead atoms. The Kier molecular flexibility index (Phi) is 6.39. The minimum atomic E-state index is -0.211. The average molecular weight is 492 g/mol. The van der Waals surface area contributed by atoms with Crippen LogP contribution in [0.15, 0.2) is 71.5 Å². The lowest BCUT2D eigenvalue weighted by molar-refractivity contribution is 0.209. The molecule has 0 atom stereocenters. The zero-order chi connectivity index (χ0) is 23.8. The highest BCUT2D eigenvalue weighted by atomic mass is 35.5. The number of anilines is 1. The second-order valence-electron chi connectivity index (χ2n) is 9.07. The Balaban J connectivity index is 1.44. The Morgan fingerprint density at radius 1 is 0.824 bits per heavy atom. The lowest BCUT2D eigenvalue weighted by Crippen LogP contribution is -2.48. The minimum absolute atomic E-state index is 0.211. The molecule has 4 nitrogen and oxygen atoms in total. The summed E-state index contributed by atoms with van der Waals surface area (Å²) < 4.78 is 0. The summed E-state index contributed by atoms with van der Waals surface area (Å²) in [7, 11) is 0. The summed E-state index contributed by atoms with van der Waals surface area (Å²) in [5, 5.41) is 1.84. The van der Waals surface area contributed by atoms with Crippen LogP contribution in [0.1, 0.15) is 13.8 Å². The van der Waals surface area contributed by atoms with Crippen molar-refractivity contribution in [2.24, 2.45) is 0 Å². The van der Waals surface area contributed by atoms with E-state index in [0.29, 0.717) is 27.2 Å². The van der Waals surface area contributed by atoms with Crippen molar-refractivity contribution in [3.05, 3.63) is 87.1 Å². The highest BCUT2D eigenvalue weighted by Gasteiger charge is 2.19. The number of pyridine rings is 1. The molecule has 1 aromatic heterocycles. The number of nitrogens with one attached hydrogen (secondary N) is 1. The van der Waals surface area contributed by atoms with E-state index in [2.05, 4.69) is 59.0 Å². The van der Waals surface area contributed by atoms with Gasteiger partial charge in [0.05, 0.1) is 15.6 Å². The van der Waals surface area contributed by atoms with Crippen molar-refractivity contribution >= 4 is 39.8 Å². The summed E-state index contributed by atoms with van der Waals surface area (Å²) in [5.74, 6) is 0. The van der Waals surface area contributed by atoms with Gasteiger partial charge in [0, 0.05) is 49.0 Å². The van der Waals surface area contributed by atoms with E-state index in [9.17, 15) is 4.79 Å². The maximum absolute atomic E-state index is 12.8. The maximum Gasteiger partial charge on any atom is 0.256 e. The highest BCUT2D eigenvalue weighted by molar-refractivity contribution is 6.39. The van der Waals surface area contributed by atoms with Gasteiger partial charge in [0.1, 0.15) is 0 Å². The molecule has 1 fully saturated rings. The largest absolute Gasteiger partial charge is 0.369 e. The van der Waals surface area contributed by atoms with Gasteiger partial charge in [-0.25, -0.2) is 0 Å². The number of nitrogens with zero attached hydrogens (tertiary/aromatic N) is 2. The number of rotatable bonds is 4. The zero-order valence-corrected chi connectivity index (χ0v) is 20.8. The van der Waals surface area contributed by atoms with Gasteiger partial charge in [-0.2, -0.15) is 0 Å². The first-order chi connectivity index (χ1) is 16.4. The van der Waals surface area contributed by atoms with Gasteiger partial charge in [0.25, 0.3) is 5.56 Å². The van der Waals surface area contributed by atoms with E-state index in [1.807, 2.05) is 18.2 Å². The van der Waals surface area contributed by atoms with E-state index in [0.717, 1.165) is 48.2 Å². The van der Waals surface area contributed by atoms with Gasteiger partial charge < -0.3 is 9.88 Å². The fourth-order valence-electron chi connectivity index (χ4n) is 4.69. The van der Waals surface area contributed by atoms with E-state index in [4.69, 9.17) is 23.2 Å². The minimum Gasteiger partial charge on any atom is -0.369 e. The molecule has 1 aliphatic rings. The number of piperazine rings is 1. The van der Waals surface area contributed by atoms with Crippen LogP contribution in [0.2, 0.25) is 10.0 Å². The predicted molar refractivity (Wildman–Crippen MR) is 144 cm³/mol. The SMILES string of the molecule is CC(C)N1CCN(c2ccc(-c3ccc4[nH]c(=O)c(-c5c(Cl)cccc5Cl)cc4c3)cc2)CC1. The Morgan fingerprint density at radius 2 is 1.47 bits per heavy atom. The van der Waals surface area contributed by atoms with E-state index in [1.165, 1.54) is 5.69 Å². The summed E-state index contributed by atoms with van der Waals surface area (Å²) >= 11 is 12.7. The zero-order valence-electron chi connectivity index (χ0n) is 19.3. The van der Waals surface area contributed by atoms with Gasteiger partial charge >= 0.3 is 0 Å². The quantitative estimate of drug-likeness (QED) is 0.345. The van der Waals surface area contributed by atoms with Crippen molar-refractivity contribution in [2.75, 3.05) is 31.1 Å². The molecule has 6 heteroatoms. The summed E-state index contributed by atoms with van der Waals surface area (Å²) in [6, 6.07) is 22.5. The smallest absolute Gasteiger partial charge is 0.256 e. The topological polar surface area (TPSA) is 39.3 Å². The standard InChI is InChI=1S/C28H27Cl2N3O/c1-18(2)32-12-14-33(15-13-32)22-9-6-19(7-10-22)20-8-11-26-21(16-20)17-23(28(34)31-26)27-24(29)4-3-5-25(27)30/h3-11,16-18H,12-15H2,1-2H3,(H,31,34). The first-order valence-corrected chi connectivity index (χ1v) is 12.4. The van der Waals surface area contributed by atoms with Crippen LogP contribution < -0.4 is 10.5 Å². The first kappa shape index (κ1) is 23.0. The average Bonchev–Trinajstić information content (AvgIpc) is 2.84. The van der Waals surface area contributed by atoms with E-state index in [1.54, 1.807) is 18.2 Å². The van der Waals surface area contributed by atoms with Gasteiger partial charge in [-0.3, -0.25) is 9.69 Å². The summed E-state index contributed by atoms with van der Waals surface area (Å²) in [6.07, 6.45) is 0. The molecule has 3 aromatic carbocycles. The van der Waals surface area contributed by atoms with Crippen molar-refractivity contribution in [1.29, 1.82) is 0 Å². The van der Waals surface area contributed by atoms with Gasteiger partial charge in [-0.15, -0.1) is 0 Å². The lowest BCUT2D eigenvalue weighted by Gasteiger charge is -2.38. The van der Waals surface area contributed by atoms with Crippen LogP contribution in [0.25, 0.3) is 33.2 Å². The maximum atomic E-state index is 12.8. The van der Waals surface area contributed by atoms with Gasteiger partial charge in [0.2, 0.25) is 0 Å². The number of aromatic amines is 1. The molecule has 1 N–H and O–H groups in total. The van der Waals surface area contributed by atoms with Crippen LogP contribution in [0, 0.1) is 0 Å². The fourth-order valence-corrected chi connectivity index (χ4v) is 5.29. The number of halogens is 2. The monoisotopic (exact) mass is 491 g/mol. The van der Waals surface area contributed by atoms with Crippen molar-refractivity contribution < 1.29 is 0 Å². The van der Waals surface area contributed by atoms with Crippen LogP contribution in [0.4, 0.5) is 5.69 Å². The van der Waals surface area contributed by atoms with Crippen LogP contribution in [0.5, 0.6) is 0 Å². The summed E-state index contributed by atoms with van der Waals surface area (Å²) in [6.45, 7) is 8.81. The Labute approximate surface area is 209 Å². The predicted octanol–water partition coefficient (Wildman–Crippen LogP) is 6.70. The number of H-pyrrole nitrogens is 1. The summed E-state index contributed by atoms with van der Waals surface area (Å²) in [4.78, 5) is 20.7. The second-order valence-corrected chi connectivity index (χ2v) is 9.89. The van der Waals surface area contributed by atoms with Crippen LogP contribution >= 0.6 is 23.2 Å². The number of benzene rings is 3. The van der Waals surface area contributed by atoms with Crippen molar-refractivity contribution in [3.63, 3.8) is 0 Å². The molecule has 5 rings (SSSR count). The molecular weight excluding hydrogens is 465 g/mol. The number of hydrogen-bond donors (Lipinski definition) is 1. The third-order valence-corrected chi connectivity index (χ3v) is 7.32. The Morgan fingerprint density at radius 3 is 2.12 bits per heavy atom. The molecule has 1 aliphatic heterocycles. The summed E-state index contributed by atoms with van der Waals surface area (Å²) in [5.41, 5.74) is 5.07. The molecule has 1 saturated heterocycles. The molecule has 0 spiro atoms. The van der Waals surface area contributed by atoms with Gasteiger partial charge in [-0.1, -0.05) is 47.5 Å². The van der Waals surface area contributed by atoms with Crippen LogP contribution in [0.3, 0.4) is 0 Å². The molecule has 174 valence electrons. The molecule has 2 heterocycles. The third kappa shape index (κ3) is 4.46. The van der Waals surface area contributed by atoms with Gasteiger partial charge in [-0.05, 0) is 72.8 Å². The van der Waals surface area contributed by atoms with E-state index >= 15 is 0 Å². The second kappa shape index (κ2) is 9.46. The normalized spacial score (nSPS) is 14.8. The van der Waals surface area contributed by atoms with Crippen molar-refractivity contribution in [2.45, 2.75) is 19.9 Å². The molecule has 34 heavy (non-hydrogen) atoms. The number of aromatic nitrogens is 1. The van der Waals surface area contributed by atoms with Crippen molar-refractivity contribution in [1.82, 2.24) is 9.88 Å². The third-order valence-electron chi connectivity index (χ3n) is 6.69. The van der Waals surface area contributed by atoms with E-state index < -0.39 is 0 Å². The Bertz CT molecular complexity index is 1370. The number of fused-ring (bicyclic) bond motifs is 1. The van der Waals surface area contributed by atoms with Gasteiger partial charge in [0.15, 0.2) is 0 Å². The molecule has 0 aliphatic carbocycles.